The van der Waals surface area contributed by atoms with Crippen LogP contribution in [0.15, 0.2) is 23.3 Å². The van der Waals surface area contributed by atoms with Crippen LogP contribution in [0.25, 0.3) is 0 Å². The van der Waals surface area contributed by atoms with E-state index in [1.165, 1.54) is 0 Å². The van der Waals surface area contributed by atoms with Gasteiger partial charge >= 0.3 is 0 Å². The number of aromatic nitrogens is 4. The van der Waals surface area contributed by atoms with E-state index < -0.39 is 0 Å². The molecule has 0 atom stereocenters. The first-order chi connectivity index (χ1) is 11.5. The van der Waals surface area contributed by atoms with E-state index in [4.69, 9.17) is 0 Å². The number of aryl methyl sites for hydroxylation is 3. The monoisotopic (exact) mass is 329 g/mol. The first-order valence-electron chi connectivity index (χ1n) is 8.42. The van der Waals surface area contributed by atoms with Crippen LogP contribution in [-0.4, -0.2) is 31.5 Å². The number of hydrogen-bond donors (Lipinski definition) is 2. The second-order valence-electron chi connectivity index (χ2n) is 6.33. The highest BCUT2D eigenvalue weighted by molar-refractivity contribution is 5.76. The Morgan fingerprint density at radius 3 is 2.96 bits per heavy atom. The Labute approximate surface area is 140 Å². The summed E-state index contributed by atoms with van der Waals surface area (Å²) in [5.74, 6) is 1.96. The van der Waals surface area contributed by atoms with E-state index in [0.717, 1.165) is 30.8 Å². The van der Waals surface area contributed by atoms with Crippen molar-refractivity contribution >= 4 is 5.91 Å². The van der Waals surface area contributed by atoms with Crippen LogP contribution in [0, 0.1) is 6.92 Å². The molecule has 128 valence electrons. The van der Waals surface area contributed by atoms with Crippen molar-refractivity contribution in [1.29, 1.82) is 0 Å². The summed E-state index contributed by atoms with van der Waals surface area (Å²) in [6.07, 6.45) is 6.67. The van der Waals surface area contributed by atoms with Crippen LogP contribution in [0.3, 0.4) is 0 Å². The van der Waals surface area contributed by atoms with E-state index in [0.29, 0.717) is 18.8 Å². The SMILES string of the molecule is CCc1nccn1CCC(=O)NC1CC(c2cc(=O)[nH]c(C)n2)C1. The van der Waals surface area contributed by atoms with Crippen molar-refractivity contribution in [3.05, 3.63) is 46.2 Å². The van der Waals surface area contributed by atoms with Gasteiger partial charge in [-0.25, -0.2) is 9.97 Å². The number of imidazole rings is 1. The molecule has 1 saturated carbocycles. The van der Waals surface area contributed by atoms with Crippen LogP contribution in [0.4, 0.5) is 0 Å². The zero-order chi connectivity index (χ0) is 17.1. The van der Waals surface area contributed by atoms with Crippen LogP contribution in [0.5, 0.6) is 0 Å². The van der Waals surface area contributed by atoms with Gasteiger partial charge in [0.25, 0.3) is 5.56 Å². The van der Waals surface area contributed by atoms with Gasteiger partial charge in [0.05, 0.1) is 5.69 Å². The molecule has 24 heavy (non-hydrogen) atoms. The molecule has 7 nitrogen and oxygen atoms in total. The van der Waals surface area contributed by atoms with Gasteiger partial charge in [-0.3, -0.25) is 9.59 Å². The Hall–Kier alpha value is -2.44. The average molecular weight is 329 g/mol. The first-order valence-corrected chi connectivity index (χ1v) is 8.42. The van der Waals surface area contributed by atoms with Gasteiger partial charge < -0.3 is 14.9 Å². The number of carbonyl (C=O) groups is 1. The standard InChI is InChI=1S/C17H23N5O2/c1-3-15-18-5-7-22(15)6-4-16(23)21-13-8-12(9-13)14-10-17(24)20-11(2)19-14/h5,7,10,12-13H,3-4,6,8-9H2,1-2H3,(H,21,23)(H,19,20,24). The second-order valence-corrected chi connectivity index (χ2v) is 6.33. The summed E-state index contributed by atoms with van der Waals surface area (Å²) >= 11 is 0. The summed E-state index contributed by atoms with van der Waals surface area (Å²) in [6.45, 7) is 4.49. The van der Waals surface area contributed by atoms with E-state index in [1.807, 2.05) is 10.8 Å². The Kier molecular flexibility index (Phi) is 4.78. The maximum absolute atomic E-state index is 12.1. The molecule has 0 bridgehead atoms. The number of aromatic amines is 1. The van der Waals surface area contributed by atoms with E-state index in [9.17, 15) is 9.59 Å². The maximum Gasteiger partial charge on any atom is 0.251 e. The first kappa shape index (κ1) is 16.4. The average Bonchev–Trinajstić information content (AvgIpc) is 2.94. The molecule has 0 saturated heterocycles. The number of H-pyrrole nitrogens is 1. The van der Waals surface area contributed by atoms with E-state index in [1.54, 1.807) is 19.2 Å². The third-order valence-electron chi connectivity index (χ3n) is 4.50. The smallest absolute Gasteiger partial charge is 0.251 e. The minimum Gasteiger partial charge on any atom is -0.353 e. The van der Waals surface area contributed by atoms with Crippen molar-refractivity contribution in [2.45, 2.75) is 58.0 Å². The Morgan fingerprint density at radius 1 is 1.46 bits per heavy atom. The molecule has 1 amide bonds. The third-order valence-corrected chi connectivity index (χ3v) is 4.50. The number of nitrogens with one attached hydrogen (secondary N) is 2. The lowest BCUT2D eigenvalue weighted by Crippen LogP contribution is -2.44. The number of hydrogen-bond acceptors (Lipinski definition) is 4. The minimum atomic E-state index is -0.114. The van der Waals surface area contributed by atoms with Crippen LogP contribution >= 0.6 is 0 Å². The van der Waals surface area contributed by atoms with Crippen LogP contribution in [0.1, 0.15) is 49.4 Å². The number of carbonyl (C=O) groups excluding carboxylic acids is 1. The van der Waals surface area contributed by atoms with Crippen molar-refractivity contribution in [1.82, 2.24) is 24.8 Å². The van der Waals surface area contributed by atoms with Crippen molar-refractivity contribution in [2.75, 3.05) is 0 Å². The molecule has 1 aliphatic carbocycles. The third kappa shape index (κ3) is 3.72. The van der Waals surface area contributed by atoms with Crippen LogP contribution in [0.2, 0.25) is 0 Å². The predicted octanol–water partition coefficient (Wildman–Crippen LogP) is 1.29. The Morgan fingerprint density at radius 2 is 2.25 bits per heavy atom. The predicted molar refractivity (Wildman–Crippen MR) is 89.7 cm³/mol. The number of nitrogens with zero attached hydrogens (tertiary/aromatic N) is 3. The van der Waals surface area contributed by atoms with Gasteiger partial charge in [0.2, 0.25) is 5.91 Å². The van der Waals surface area contributed by atoms with Crippen molar-refractivity contribution in [3.63, 3.8) is 0 Å². The lowest BCUT2D eigenvalue weighted by Gasteiger charge is -2.35. The summed E-state index contributed by atoms with van der Waals surface area (Å²) in [5.41, 5.74) is 0.713. The summed E-state index contributed by atoms with van der Waals surface area (Å²) in [4.78, 5) is 34.9. The van der Waals surface area contributed by atoms with E-state index >= 15 is 0 Å². The van der Waals surface area contributed by atoms with Crippen LogP contribution < -0.4 is 10.9 Å². The summed E-state index contributed by atoms with van der Waals surface area (Å²) in [7, 11) is 0. The van der Waals surface area contributed by atoms with Gasteiger partial charge in [-0.2, -0.15) is 0 Å². The van der Waals surface area contributed by atoms with Crippen molar-refractivity contribution in [2.24, 2.45) is 0 Å². The molecule has 1 fully saturated rings. The molecule has 0 unspecified atom stereocenters. The fourth-order valence-corrected chi connectivity index (χ4v) is 3.17. The van der Waals surface area contributed by atoms with Crippen LogP contribution in [-0.2, 0) is 17.8 Å². The molecule has 3 rings (SSSR count). The van der Waals surface area contributed by atoms with Crippen molar-refractivity contribution < 1.29 is 4.79 Å². The van der Waals surface area contributed by atoms with Gasteiger partial charge in [0.1, 0.15) is 11.6 Å². The molecule has 1 aliphatic rings. The van der Waals surface area contributed by atoms with Crippen molar-refractivity contribution in [3.8, 4) is 0 Å². The highest BCUT2D eigenvalue weighted by Crippen LogP contribution is 2.35. The van der Waals surface area contributed by atoms with Gasteiger partial charge in [-0.1, -0.05) is 6.92 Å². The molecule has 2 aromatic rings. The normalized spacial score (nSPS) is 19.8. The quantitative estimate of drug-likeness (QED) is 0.835. The van der Waals surface area contributed by atoms with Gasteiger partial charge in [-0.15, -0.1) is 0 Å². The zero-order valence-corrected chi connectivity index (χ0v) is 14.1. The molecule has 7 heteroatoms. The van der Waals surface area contributed by atoms with E-state index in [2.05, 4.69) is 27.2 Å². The molecule has 0 radical (unpaired) electrons. The molecular formula is C17H23N5O2. The Balaban J connectivity index is 1.45. The molecule has 0 spiro atoms. The molecule has 2 N–H and O–H groups in total. The minimum absolute atomic E-state index is 0.0595. The molecule has 2 heterocycles. The lowest BCUT2D eigenvalue weighted by molar-refractivity contribution is -0.122. The molecule has 2 aromatic heterocycles. The van der Waals surface area contributed by atoms with E-state index in [-0.39, 0.29) is 23.4 Å². The molecule has 0 aromatic carbocycles. The fraction of sp³-hybridized carbons (Fsp3) is 0.529. The lowest BCUT2D eigenvalue weighted by atomic mass is 9.78. The number of rotatable bonds is 6. The second kappa shape index (κ2) is 6.98. The maximum atomic E-state index is 12.1. The highest BCUT2D eigenvalue weighted by Gasteiger charge is 2.32. The topological polar surface area (TPSA) is 92.7 Å². The Bertz CT molecular complexity index is 773. The molecule has 0 aliphatic heterocycles. The van der Waals surface area contributed by atoms with Gasteiger partial charge in [0.15, 0.2) is 0 Å². The summed E-state index contributed by atoms with van der Waals surface area (Å²) in [5, 5.41) is 3.06. The highest BCUT2D eigenvalue weighted by atomic mass is 16.1. The summed E-state index contributed by atoms with van der Waals surface area (Å²) in [6, 6.07) is 1.73. The number of amides is 1. The zero-order valence-electron chi connectivity index (χ0n) is 14.1. The van der Waals surface area contributed by atoms with Gasteiger partial charge in [0, 0.05) is 49.8 Å². The molecular weight excluding hydrogens is 306 g/mol. The largest absolute Gasteiger partial charge is 0.353 e. The fourth-order valence-electron chi connectivity index (χ4n) is 3.17. The van der Waals surface area contributed by atoms with Gasteiger partial charge in [-0.05, 0) is 19.8 Å². The summed E-state index contributed by atoms with van der Waals surface area (Å²) < 4.78 is 2.02.